The third-order valence-electron chi connectivity index (χ3n) is 10.7. The minimum absolute atomic E-state index is 0.0745. The lowest BCUT2D eigenvalue weighted by Gasteiger charge is -2.32. The molecule has 0 atom stereocenters. The predicted molar refractivity (Wildman–Crippen MR) is 206 cm³/mol. The molecule has 0 saturated heterocycles. The van der Waals surface area contributed by atoms with Crippen LogP contribution in [0.15, 0.2) is 79.0 Å². The van der Waals surface area contributed by atoms with Crippen LogP contribution in [0.3, 0.4) is 0 Å². The summed E-state index contributed by atoms with van der Waals surface area (Å²) in [5.41, 5.74) is 5.72. The van der Waals surface area contributed by atoms with Crippen molar-refractivity contribution in [2.45, 2.75) is 78.9 Å². The molecule has 3 heterocycles. The summed E-state index contributed by atoms with van der Waals surface area (Å²) in [6.45, 7) is 10.0. The van der Waals surface area contributed by atoms with E-state index in [1.165, 1.54) is 24.4 Å². The number of alkyl halides is 3. The van der Waals surface area contributed by atoms with Gasteiger partial charge in [0.2, 0.25) is 0 Å². The third-order valence-corrected chi connectivity index (χ3v) is 11.2. The standard InChI is InChI=1S/C42H40F5N4O6P/c1-6-26-9-8-10-27(7-2)36(26)51-37(32-22-49(41(4,5)39(32)48-51)21-28-12-13-29(19-24(28)3)42(45,46)47)30-14-15-33(43)38-31(30)17-18-50(38)40(52)56-23-25-11-16-35(34(44)20-25)57-58(53,54)55/h8-20H,6-7,21-23H2,1-5H3,(H2,53,54,55). The van der Waals surface area contributed by atoms with Gasteiger partial charge in [-0.1, -0.05) is 44.2 Å². The van der Waals surface area contributed by atoms with Crippen LogP contribution in [0.1, 0.15) is 72.3 Å². The number of fused-ring (bicyclic) bond motifs is 2. The fourth-order valence-corrected chi connectivity index (χ4v) is 8.10. The van der Waals surface area contributed by atoms with Crippen molar-refractivity contribution in [3.63, 3.8) is 0 Å². The summed E-state index contributed by atoms with van der Waals surface area (Å²) in [6.07, 6.45) is -2.67. The zero-order valence-corrected chi connectivity index (χ0v) is 33.1. The number of rotatable bonds is 10. The number of ether oxygens (including phenoxy) is 1. The van der Waals surface area contributed by atoms with Crippen LogP contribution in [-0.4, -0.2) is 35.1 Å². The molecule has 0 bridgehead atoms. The van der Waals surface area contributed by atoms with Gasteiger partial charge in [0.1, 0.15) is 12.4 Å². The summed E-state index contributed by atoms with van der Waals surface area (Å²) >= 11 is 0. The van der Waals surface area contributed by atoms with Gasteiger partial charge in [0, 0.05) is 35.8 Å². The molecule has 1 aliphatic rings. The fraction of sp³-hybridized carbons (Fsp3) is 0.286. The van der Waals surface area contributed by atoms with Crippen LogP contribution in [-0.2, 0) is 53.6 Å². The molecule has 304 valence electrons. The maximum atomic E-state index is 15.9. The van der Waals surface area contributed by atoms with Crippen molar-refractivity contribution in [3.05, 3.63) is 135 Å². The van der Waals surface area contributed by atoms with Crippen molar-refractivity contribution < 1.29 is 50.4 Å². The summed E-state index contributed by atoms with van der Waals surface area (Å²) in [4.78, 5) is 33.7. The Morgan fingerprint density at radius 3 is 2.26 bits per heavy atom. The highest BCUT2D eigenvalue weighted by Crippen LogP contribution is 2.47. The van der Waals surface area contributed by atoms with E-state index in [-0.39, 0.29) is 11.1 Å². The number of para-hydroxylation sites is 1. The molecule has 6 aromatic rings. The van der Waals surface area contributed by atoms with E-state index in [2.05, 4.69) is 9.42 Å². The average Bonchev–Trinajstić information content (AvgIpc) is 3.84. The first-order valence-electron chi connectivity index (χ1n) is 18.5. The zero-order valence-electron chi connectivity index (χ0n) is 32.2. The van der Waals surface area contributed by atoms with Gasteiger partial charge < -0.3 is 9.26 Å². The van der Waals surface area contributed by atoms with E-state index in [0.29, 0.717) is 48.1 Å². The van der Waals surface area contributed by atoms with E-state index in [1.807, 2.05) is 50.6 Å². The van der Waals surface area contributed by atoms with Crippen LogP contribution in [0.4, 0.5) is 26.7 Å². The molecular formula is C42H40F5N4O6P. The second-order valence-corrected chi connectivity index (χ2v) is 15.9. The summed E-state index contributed by atoms with van der Waals surface area (Å²) in [5.74, 6) is -2.49. The summed E-state index contributed by atoms with van der Waals surface area (Å²) in [6, 6.07) is 17.5. The van der Waals surface area contributed by atoms with Gasteiger partial charge in [-0.25, -0.2) is 27.4 Å². The number of halogens is 5. The number of hydrogen-bond acceptors (Lipinski definition) is 6. The smallest absolute Gasteiger partial charge is 0.444 e. The first-order chi connectivity index (χ1) is 27.3. The fourth-order valence-electron chi connectivity index (χ4n) is 7.69. The van der Waals surface area contributed by atoms with E-state index in [0.717, 1.165) is 62.5 Å². The van der Waals surface area contributed by atoms with Gasteiger partial charge in [-0.2, -0.15) is 18.3 Å². The Kier molecular flexibility index (Phi) is 10.6. The Bertz CT molecular complexity index is 2610. The lowest BCUT2D eigenvalue weighted by Crippen LogP contribution is -2.36. The molecule has 58 heavy (non-hydrogen) atoms. The van der Waals surface area contributed by atoms with Gasteiger partial charge >= 0.3 is 20.1 Å². The SMILES string of the molecule is CCc1cccc(CC)c1-n1nc2c(c1-c1ccc(F)c3c1ccn3C(=O)OCc1ccc(OP(=O)(O)O)c(F)c1)CN(Cc1ccc(C(F)(F)F)cc1C)C2(C)C. The quantitative estimate of drug-likeness (QED) is 0.104. The minimum Gasteiger partial charge on any atom is -0.444 e. The van der Waals surface area contributed by atoms with Gasteiger partial charge in [-0.15, -0.1) is 0 Å². The molecule has 0 radical (unpaired) electrons. The van der Waals surface area contributed by atoms with Crippen LogP contribution < -0.4 is 4.52 Å². The van der Waals surface area contributed by atoms with Crippen LogP contribution in [0.5, 0.6) is 5.75 Å². The van der Waals surface area contributed by atoms with Crippen LogP contribution in [0.25, 0.3) is 27.8 Å². The first kappa shape index (κ1) is 40.8. The van der Waals surface area contributed by atoms with Crippen molar-refractivity contribution in [1.82, 2.24) is 19.2 Å². The largest absolute Gasteiger partial charge is 0.524 e. The van der Waals surface area contributed by atoms with Crippen molar-refractivity contribution in [2.75, 3.05) is 0 Å². The molecule has 10 nitrogen and oxygen atoms in total. The van der Waals surface area contributed by atoms with Crippen molar-refractivity contribution in [1.29, 1.82) is 0 Å². The number of carbonyl (C=O) groups is 1. The number of benzene rings is 4. The van der Waals surface area contributed by atoms with E-state index in [1.54, 1.807) is 19.1 Å². The molecule has 4 aromatic carbocycles. The molecule has 16 heteroatoms. The average molecular weight is 823 g/mol. The first-order valence-corrected chi connectivity index (χ1v) is 20.0. The minimum atomic E-state index is -5.01. The Morgan fingerprint density at radius 2 is 1.64 bits per heavy atom. The molecular weight excluding hydrogens is 782 g/mol. The second-order valence-electron chi connectivity index (χ2n) is 14.7. The Morgan fingerprint density at radius 1 is 0.931 bits per heavy atom. The maximum absolute atomic E-state index is 15.9. The number of carbonyl (C=O) groups excluding carboxylic acids is 1. The number of nitrogens with zero attached hydrogens (tertiary/aromatic N) is 4. The molecule has 7 rings (SSSR count). The van der Waals surface area contributed by atoms with Crippen LogP contribution in [0.2, 0.25) is 0 Å². The highest BCUT2D eigenvalue weighted by atomic mass is 31.2. The molecule has 1 aliphatic heterocycles. The Balaban J connectivity index is 1.30. The van der Waals surface area contributed by atoms with E-state index in [9.17, 15) is 26.9 Å². The van der Waals surface area contributed by atoms with Gasteiger partial charge in [0.25, 0.3) is 0 Å². The van der Waals surface area contributed by atoms with E-state index in [4.69, 9.17) is 19.6 Å². The zero-order chi connectivity index (χ0) is 41.9. The maximum Gasteiger partial charge on any atom is 0.524 e. The normalized spacial score (nSPS) is 14.3. The predicted octanol–water partition coefficient (Wildman–Crippen LogP) is 10.1. The third kappa shape index (κ3) is 7.55. The topological polar surface area (TPSA) is 119 Å². The molecule has 2 aromatic heterocycles. The molecule has 0 spiro atoms. The van der Waals surface area contributed by atoms with Crippen molar-refractivity contribution >= 4 is 24.8 Å². The number of phosphoric ester groups is 1. The van der Waals surface area contributed by atoms with Crippen LogP contribution in [0, 0.1) is 18.6 Å². The summed E-state index contributed by atoms with van der Waals surface area (Å²) in [7, 11) is -5.01. The molecule has 2 N–H and O–H groups in total. The molecule has 0 unspecified atom stereocenters. The lowest BCUT2D eigenvalue weighted by atomic mass is 9.96. The van der Waals surface area contributed by atoms with Gasteiger partial charge in [-0.05, 0) is 104 Å². The number of aromatic nitrogens is 3. The summed E-state index contributed by atoms with van der Waals surface area (Å²) in [5, 5.41) is 5.67. The molecule has 0 fully saturated rings. The van der Waals surface area contributed by atoms with Crippen LogP contribution >= 0.6 is 7.82 Å². The van der Waals surface area contributed by atoms with Gasteiger partial charge in [0.15, 0.2) is 11.6 Å². The van der Waals surface area contributed by atoms with Crippen molar-refractivity contribution in [3.8, 4) is 22.7 Å². The van der Waals surface area contributed by atoms with E-state index < -0.39 is 55.2 Å². The summed E-state index contributed by atoms with van der Waals surface area (Å²) < 4.78 is 94.7. The van der Waals surface area contributed by atoms with Gasteiger partial charge in [-0.3, -0.25) is 14.7 Å². The Hall–Kier alpha value is -5.34. The Labute approximate surface area is 330 Å². The molecule has 0 saturated carbocycles. The highest BCUT2D eigenvalue weighted by Gasteiger charge is 2.44. The number of aryl methyl sites for hydroxylation is 3. The number of hydrogen-bond donors (Lipinski definition) is 2. The van der Waals surface area contributed by atoms with Gasteiger partial charge in [0.05, 0.1) is 33.7 Å². The van der Waals surface area contributed by atoms with E-state index >= 15 is 4.39 Å². The number of phosphoric acid groups is 1. The molecule has 0 amide bonds. The lowest BCUT2D eigenvalue weighted by molar-refractivity contribution is -0.137. The highest BCUT2D eigenvalue weighted by molar-refractivity contribution is 7.46. The monoisotopic (exact) mass is 822 g/mol. The van der Waals surface area contributed by atoms with Crippen molar-refractivity contribution in [2.24, 2.45) is 0 Å². The molecule has 0 aliphatic carbocycles. The second kappa shape index (κ2) is 15.1.